The molecule has 0 aliphatic carbocycles. The van der Waals surface area contributed by atoms with Crippen molar-refractivity contribution in [1.29, 1.82) is 0 Å². The molecule has 1 aliphatic heterocycles. The molecule has 0 unspecified atom stereocenters. The third kappa shape index (κ3) is 3.92. The molecule has 1 fully saturated rings. The molecule has 0 bridgehead atoms. The number of hydrogen-bond acceptors (Lipinski definition) is 5. The number of rotatable bonds is 4. The molecule has 2 heterocycles. The van der Waals surface area contributed by atoms with Crippen molar-refractivity contribution >= 4 is 33.2 Å². The van der Waals surface area contributed by atoms with Gasteiger partial charge in [-0.05, 0) is 24.3 Å². The molecule has 25 heavy (non-hydrogen) atoms. The van der Waals surface area contributed by atoms with Gasteiger partial charge in [-0.2, -0.15) is 0 Å². The predicted molar refractivity (Wildman–Crippen MR) is 93.2 cm³/mol. The first-order valence-corrected chi connectivity index (χ1v) is 9.44. The predicted octanol–water partition coefficient (Wildman–Crippen LogP) is 2.01. The normalized spacial score (nSPS) is 15.0. The molecule has 0 radical (unpaired) electrons. The lowest BCUT2D eigenvalue weighted by Crippen LogP contribution is -2.41. The molecule has 1 N–H and O–H groups in total. The Hall–Kier alpha value is -2.16. The third-order valence-corrected chi connectivity index (χ3v) is 5.52. The number of benzene rings is 1. The molecule has 132 valence electrons. The highest BCUT2D eigenvalue weighted by atomic mass is 35.5. The van der Waals surface area contributed by atoms with Crippen LogP contribution in [0, 0.1) is 0 Å². The van der Waals surface area contributed by atoms with E-state index in [-0.39, 0.29) is 27.2 Å². The number of anilines is 1. The quantitative estimate of drug-likeness (QED) is 0.818. The van der Waals surface area contributed by atoms with Crippen molar-refractivity contribution in [3.63, 3.8) is 0 Å². The Balaban J connectivity index is 1.91. The first-order chi connectivity index (χ1) is 12.0. The van der Waals surface area contributed by atoms with Gasteiger partial charge in [0.2, 0.25) is 0 Å². The maximum Gasteiger partial charge on any atom is 0.264 e. The Kier molecular flexibility index (Phi) is 5.22. The molecule has 1 saturated heterocycles. The molecular formula is C16H16ClN3O4S. The van der Waals surface area contributed by atoms with Crippen molar-refractivity contribution in [3.8, 4) is 0 Å². The first kappa shape index (κ1) is 17.7. The molecule has 1 aromatic heterocycles. The fourth-order valence-electron chi connectivity index (χ4n) is 2.47. The van der Waals surface area contributed by atoms with E-state index in [0.717, 1.165) is 0 Å². The number of nitrogens with one attached hydrogen (secondary N) is 1. The molecule has 0 spiro atoms. The van der Waals surface area contributed by atoms with Gasteiger partial charge in [0, 0.05) is 19.3 Å². The summed E-state index contributed by atoms with van der Waals surface area (Å²) in [6.45, 7) is 1.86. The van der Waals surface area contributed by atoms with Crippen LogP contribution in [0.15, 0.2) is 47.5 Å². The molecule has 0 atom stereocenters. The fraction of sp³-hybridized carbons (Fsp3) is 0.250. The minimum Gasteiger partial charge on any atom is -0.378 e. The number of carbonyl (C=O) groups excluding carboxylic acids is 1. The lowest BCUT2D eigenvalue weighted by molar-refractivity contribution is 0.0303. The van der Waals surface area contributed by atoms with Gasteiger partial charge in [0.25, 0.3) is 15.9 Å². The van der Waals surface area contributed by atoms with Crippen molar-refractivity contribution in [2.45, 2.75) is 4.90 Å². The number of carbonyl (C=O) groups is 1. The van der Waals surface area contributed by atoms with Gasteiger partial charge < -0.3 is 9.64 Å². The van der Waals surface area contributed by atoms with Crippen LogP contribution < -0.4 is 4.72 Å². The van der Waals surface area contributed by atoms with Gasteiger partial charge in [0.05, 0.1) is 24.5 Å². The largest absolute Gasteiger partial charge is 0.378 e. The van der Waals surface area contributed by atoms with E-state index in [0.29, 0.717) is 26.3 Å². The van der Waals surface area contributed by atoms with Crippen LogP contribution in [0.3, 0.4) is 0 Å². The van der Waals surface area contributed by atoms with Crippen molar-refractivity contribution in [3.05, 3.63) is 53.3 Å². The number of pyridine rings is 1. The summed E-state index contributed by atoms with van der Waals surface area (Å²) in [7, 11) is -3.97. The monoisotopic (exact) mass is 381 g/mol. The van der Waals surface area contributed by atoms with Gasteiger partial charge in [0.1, 0.15) is 10.0 Å². The van der Waals surface area contributed by atoms with E-state index in [4.69, 9.17) is 16.3 Å². The van der Waals surface area contributed by atoms with Crippen molar-refractivity contribution < 1.29 is 17.9 Å². The van der Waals surface area contributed by atoms with E-state index in [1.54, 1.807) is 23.1 Å². The number of nitrogens with zero attached hydrogens (tertiary/aromatic N) is 2. The lowest BCUT2D eigenvalue weighted by Gasteiger charge is -2.27. The SMILES string of the molecule is O=C(c1ccccc1NS(=O)(=O)c1cccnc1Cl)N1CCOCC1. The Bertz CT molecular complexity index is 882. The van der Waals surface area contributed by atoms with Crippen LogP contribution in [0.5, 0.6) is 0 Å². The van der Waals surface area contributed by atoms with E-state index in [1.165, 1.54) is 24.4 Å². The number of aromatic nitrogens is 1. The zero-order chi connectivity index (χ0) is 17.9. The van der Waals surface area contributed by atoms with Crippen molar-refractivity contribution in [2.75, 3.05) is 31.0 Å². The molecule has 2 aromatic rings. The van der Waals surface area contributed by atoms with Crippen molar-refractivity contribution in [2.24, 2.45) is 0 Å². The summed E-state index contributed by atoms with van der Waals surface area (Å²) in [6, 6.07) is 9.28. The average Bonchev–Trinajstić information content (AvgIpc) is 2.62. The van der Waals surface area contributed by atoms with Gasteiger partial charge in [-0.15, -0.1) is 0 Å². The van der Waals surface area contributed by atoms with Crippen LogP contribution in [0.1, 0.15) is 10.4 Å². The Morgan fingerprint density at radius 3 is 2.60 bits per heavy atom. The smallest absolute Gasteiger partial charge is 0.264 e. The highest BCUT2D eigenvalue weighted by Gasteiger charge is 2.24. The van der Waals surface area contributed by atoms with E-state index < -0.39 is 10.0 Å². The van der Waals surface area contributed by atoms with Crippen LogP contribution in [-0.2, 0) is 14.8 Å². The van der Waals surface area contributed by atoms with Crippen LogP contribution in [0.25, 0.3) is 0 Å². The maximum absolute atomic E-state index is 12.7. The minimum atomic E-state index is -3.97. The first-order valence-electron chi connectivity index (χ1n) is 7.58. The maximum atomic E-state index is 12.7. The molecule has 3 rings (SSSR count). The second-order valence-electron chi connectivity index (χ2n) is 5.35. The van der Waals surface area contributed by atoms with Crippen LogP contribution in [-0.4, -0.2) is 50.5 Å². The van der Waals surface area contributed by atoms with Crippen LogP contribution in [0.2, 0.25) is 5.15 Å². The molecule has 1 aliphatic rings. The summed E-state index contributed by atoms with van der Waals surface area (Å²) in [5, 5.41) is -0.132. The topological polar surface area (TPSA) is 88.6 Å². The zero-order valence-electron chi connectivity index (χ0n) is 13.2. The lowest BCUT2D eigenvalue weighted by atomic mass is 10.1. The number of amides is 1. The van der Waals surface area contributed by atoms with Gasteiger partial charge >= 0.3 is 0 Å². The summed E-state index contributed by atoms with van der Waals surface area (Å²) in [6.07, 6.45) is 1.40. The second-order valence-corrected chi connectivity index (χ2v) is 7.36. The molecule has 9 heteroatoms. The average molecular weight is 382 g/mol. The molecule has 7 nitrogen and oxygen atoms in total. The van der Waals surface area contributed by atoms with Crippen molar-refractivity contribution in [1.82, 2.24) is 9.88 Å². The standard InChI is InChI=1S/C16H16ClN3O4S/c17-15-14(6-3-7-18-15)25(22,23)19-13-5-2-1-4-12(13)16(21)20-8-10-24-11-9-20/h1-7,19H,8-11H2. The van der Waals surface area contributed by atoms with E-state index in [1.807, 2.05) is 0 Å². The highest BCUT2D eigenvalue weighted by Crippen LogP contribution is 2.24. The Labute approximate surface area is 150 Å². The van der Waals surface area contributed by atoms with Gasteiger partial charge in [-0.25, -0.2) is 13.4 Å². The van der Waals surface area contributed by atoms with Gasteiger partial charge in [-0.1, -0.05) is 23.7 Å². The number of halogens is 1. The fourth-order valence-corrected chi connectivity index (χ4v) is 4.00. The number of sulfonamides is 1. The Morgan fingerprint density at radius 1 is 1.16 bits per heavy atom. The van der Waals surface area contributed by atoms with E-state index >= 15 is 0 Å². The summed E-state index contributed by atoms with van der Waals surface area (Å²) < 4.78 is 32.9. The van der Waals surface area contributed by atoms with Gasteiger partial charge in [0.15, 0.2) is 0 Å². The zero-order valence-corrected chi connectivity index (χ0v) is 14.8. The summed E-state index contributed by atoms with van der Waals surface area (Å²) in [5.41, 5.74) is 0.465. The van der Waals surface area contributed by atoms with Gasteiger partial charge in [-0.3, -0.25) is 9.52 Å². The number of morpholine rings is 1. The number of para-hydroxylation sites is 1. The minimum absolute atomic E-state index is 0.132. The molecule has 1 amide bonds. The summed E-state index contributed by atoms with van der Waals surface area (Å²) in [5.74, 6) is -0.251. The Morgan fingerprint density at radius 2 is 1.88 bits per heavy atom. The molecule has 0 saturated carbocycles. The van der Waals surface area contributed by atoms with Crippen LogP contribution >= 0.6 is 11.6 Å². The summed E-state index contributed by atoms with van der Waals surface area (Å²) in [4.78, 5) is 18.0. The summed E-state index contributed by atoms with van der Waals surface area (Å²) >= 11 is 5.88. The van der Waals surface area contributed by atoms with Crippen LogP contribution in [0.4, 0.5) is 5.69 Å². The van der Waals surface area contributed by atoms with E-state index in [2.05, 4.69) is 9.71 Å². The number of hydrogen-bond donors (Lipinski definition) is 1. The number of ether oxygens (including phenoxy) is 1. The highest BCUT2D eigenvalue weighted by molar-refractivity contribution is 7.92. The second kappa shape index (κ2) is 7.38. The van der Waals surface area contributed by atoms with E-state index in [9.17, 15) is 13.2 Å². The molecule has 1 aromatic carbocycles. The molecular weight excluding hydrogens is 366 g/mol. The third-order valence-electron chi connectivity index (χ3n) is 3.71.